The molecule has 1 aliphatic heterocycles. The molecule has 1 N–H and O–H groups in total. The number of carbonyl (C=O) groups excluding carboxylic acids is 1. The van der Waals surface area contributed by atoms with Crippen LogP contribution in [-0.4, -0.2) is 31.7 Å². The van der Waals surface area contributed by atoms with Crippen molar-refractivity contribution >= 4 is 43.6 Å². The Labute approximate surface area is 172 Å². The molecule has 1 saturated heterocycles. The molecular weight excluding hydrogens is 414 g/mol. The van der Waals surface area contributed by atoms with Crippen molar-refractivity contribution in [2.24, 2.45) is 0 Å². The Morgan fingerprint density at radius 2 is 1.89 bits per heavy atom. The van der Waals surface area contributed by atoms with Crippen LogP contribution in [-0.2, 0) is 22.9 Å². The molecule has 3 heterocycles. The van der Waals surface area contributed by atoms with E-state index in [0.29, 0.717) is 23.7 Å². The van der Waals surface area contributed by atoms with E-state index in [0.717, 1.165) is 66.7 Å². The number of rotatable bonds is 4. The molecule has 0 radical (unpaired) electrons. The first-order chi connectivity index (χ1) is 13.5. The smallest absolute Gasteiger partial charge is 0.267 e. The predicted octanol–water partition coefficient (Wildman–Crippen LogP) is 3.99. The van der Waals surface area contributed by atoms with E-state index in [9.17, 15) is 18.5 Å². The number of sulfonamides is 1. The Bertz CT molecular complexity index is 1040. The molecule has 1 aliphatic carbocycles. The van der Waals surface area contributed by atoms with Gasteiger partial charge in [0.25, 0.3) is 5.91 Å². The number of fused-ring (bicyclic) bond motifs is 1. The molecule has 4 rings (SSSR count). The van der Waals surface area contributed by atoms with Gasteiger partial charge in [-0.2, -0.15) is 9.57 Å². The van der Waals surface area contributed by atoms with E-state index in [1.807, 2.05) is 0 Å². The van der Waals surface area contributed by atoms with Crippen LogP contribution in [0.2, 0.25) is 0 Å². The van der Waals surface area contributed by atoms with Gasteiger partial charge in [-0.25, -0.2) is 8.42 Å². The van der Waals surface area contributed by atoms with Crippen molar-refractivity contribution in [1.29, 1.82) is 5.26 Å². The molecular formula is C19H21N3O3S3. The van der Waals surface area contributed by atoms with E-state index in [4.69, 9.17) is 0 Å². The number of thiophene rings is 2. The number of aryl methyl sites for hydroxylation is 1. The van der Waals surface area contributed by atoms with Crippen molar-refractivity contribution < 1.29 is 13.2 Å². The van der Waals surface area contributed by atoms with Crippen molar-refractivity contribution in [3.8, 4) is 6.07 Å². The van der Waals surface area contributed by atoms with Gasteiger partial charge >= 0.3 is 0 Å². The third-order valence-corrected chi connectivity index (χ3v) is 9.47. The van der Waals surface area contributed by atoms with E-state index in [1.165, 1.54) is 21.7 Å². The number of anilines is 1. The van der Waals surface area contributed by atoms with Gasteiger partial charge in [0, 0.05) is 18.0 Å². The first kappa shape index (κ1) is 19.6. The quantitative estimate of drug-likeness (QED) is 0.786. The summed E-state index contributed by atoms with van der Waals surface area (Å²) in [6.07, 6.45) is 6.65. The summed E-state index contributed by atoms with van der Waals surface area (Å²) in [5.41, 5.74) is 1.58. The first-order valence-electron chi connectivity index (χ1n) is 9.46. The van der Waals surface area contributed by atoms with Crippen molar-refractivity contribution in [2.75, 3.05) is 18.4 Å². The van der Waals surface area contributed by atoms with Crippen molar-refractivity contribution in [1.82, 2.24) is 4.31 Å². The minimum atomic E-state index is -3.68. The third-order valence-electron chi connectivity index (χ3n) is 5.28. The molecule has 0 spiro atoms. The number of amides is 1. The number of piperidine rings is 1. The van der Waals surface area contributed by atoms with Crippen LogP contribution in [0.5, 0.6) is 0 Å². The van der Waals surface area contributed by atoms with Gasteiger partial charge in [-0.3, -0.25) is 4.79 Å². The highest BCUT2D eigenvalue weighted by molar-refractivity contribution is 7.89. The molecule has 2 aromatic rings. The van der Waals surface area contributed by atoms with Crippen LogP contribution < -0.4 is 5.32 Å². The van der Waals surface area contributed by atoms with E-state index in [1.54, 1.807) is 5.38 Å². The summed E-state index contributed by atoms with van der Waals surface area (Å²) in [6, 6.07) is 3.73. The van der Waals surface area contributed by atoms with Crippen molar-refractivity contribution in [3.05, 3.63) is 32.3 Å². The van der Waals surface area contributed by atoms with Gasteiger partial charge in [-0.05, 0) is 55.5 Å². The highest BCUT2D eigenvalue weighted by Gasteiger charge is 2.31. The summed E-state index contributed by atoms with van der Waals surface area (Å²) in [6.45, 7) is 0.991. The van der Waals surface area contributed by atoms with Crippen molar-refractivity contribution in [3.63, 3.8) is 0 Å². The van der Waals surface area contributed by atoms with Crippen LogP contribution >= 0.6 is 22.7 Å². The molecule has 6 nitrogen and oxygen atoms in total. The topological polar surface area (TPSA) is 90.3 Å². The second kappa shape index (κ2) is 7.95. The van der Waals surface area contributed by atoms with Gasteiger partial charge in [-0.1, -0.05) is 6.42 Å². The van der Waals surface area contributed by atoms with Crippen LogP contribution in [0.1, 0.15) is 57.8 Å². The third kappa shape index (κ3) is 3.50. The number of hydrogen-bond donors (Lipinski definition) is 1. The Hall–Kier alpha value is -1.73. The maximum Gasteiger partial charge on any atom is 0.267 e. The monoisotopic (exact) mass is 435 g/mol. The molecule has 148 valence electrons. The van der Waals surface area contributed by atoms with Gasteiger partial charge in [0.05, 0.1) is 5.56 Å². The fourth-order valence-electron chi connectivity index (χ4n) is 3.84. The normalized spacial score (nSPS) is 17.7. The predicted molar refractivity (Wildman–Crippen MR) is 111 cm³/mol. The Kier molecular flexibility index (Phi) is 5.56. The molecule has 28 heavy (non-hydrogen) atoms. The first-order valence-corrected chi connectivity index (χ1v) is 12.6. The maximum atomic E-state index is 13.0. The molecule has 0 aromatic carbocycles. The number of nitriles is 1. The zero-order valence-electron chi connectivity index (χ0n) is 15.4. The Morgan fingerprint density at radius 1 is 1.14 bits per heavy atom. The highest BCUT2D eigenvalue weighted by atomic mass is 32.2. The Balaban J connectivity index is 1.62. The molecule has 1 amide bonds. The molecule has 2 aromatic heterocycles. The summed E-state index contributed by atoms with van der Waals surface area (Å²) >= 11 is 2.56. The van der Waals surface area contributed by atoms with E-state index in [2.05, 4.69) is 11.4 Å². The van der Waals surface area contributed by atoms with E-state index < -0.39 is 15.9 Å². The zero-order valence-corrected chi connectivity index (χ0v) is 17.8. The molecule has 1 fully saturated rings. The van der Waals surface area contributed by atoms with Gasteiger partial charge < -0.3 is 5.32 Å². The standard InChI is InChI=1S/C19H21N3O3S3/c20-12-14-13-6-2-3-7-15(13)27-19(14)21-18(23)17-16(8-11-26-17)28(24,25)22-9-4-1-5-10-22/h8,11H,1-7,9-10H2,(H,21,23). The van der Waals surface area contributed by atoms with Gasteiger partial charge in [-0.15, -0.1) is 22.7 Å². The van der Waals surface area contributed by atoms with Gasteiger partial charge in [0.15, 0.2) is 0 Å². The highest BCUT2D eigenvalue weighted by Crippen LogP contribution is 2.38. The summed E-state index contributed by atoms with van der Waals surface area (Å²) in [4.78, 5) is 14.3. The SMILES string of the molecule is N#Cc1c(NC(=O)c2sccc2S(=O)(=O)N2CCCCC2)sc2c1CCCC2. The lowest BCUT2D eigenvalue weighted by Crippen LogP contribution is -2.36. The van der Waals surface area contributed by atoms with Crippen LogP contribution in [0.25, 0.3) is 0 Å². The molecule has 9 heteroatoms. The lowest BCUT2D eigenvalue weighted by Gasteiger charge is -2.25. The van der Waals surface area contributed by atoms with Crippen LogP contribution in [0.4, 0.5) is 5.00 Å². The Morgan fingerprint density at radius 3 is 2.64 bits per heavy atom. The number of nitrogens with zero attached hydrogens (tertiary/aromatic N) is 2. The number of carbonyl (C=O) groups is 1. The number of nitrogens with one attached hydrogen (secondary N) is 1. The summed E-state index contributed by atoms with van der Waals surface area (Å²) < 4.78 is 27.5. The van der Waals surface area contributed by atoms with Crippen LogP contribution in [0.15, 0.2) is 16.3 Å². The van der Waals surface area contributed by atoms with E-state index in [-0.39, 0.29) is 9.77 Å². The average Bonchev–Trinajstić information content (AvgIpc) is 3.33. The van der Waals surface area contributed by atoms with E-state index >= 15 is 0 Å². The average molecular weight is 436 g/mol. The summed E-state index contributed by atoms with van der Waals surface area (Å²) in [7, 11) is -3.68. The second-order valence-electron chi connectivity index (χ2n) is 7.06. The minimum Gasteiger partial charge on any atom is -0.312 e. The fraction of sp³-hybridized carbons (Fsp3) is 0.474. The molecule has 0 atom stereocenters. The van der Waals surface area contributed by atoms with Crippen molar-refractivity contribution in [2.45, 2.75) is 49.8 Å². The van der Waals surface area contributed by atoms with Gasteiger partial charge in [0.2, 0.25) is 10.0 Å². The molecule has 0 unspecified atom stereocenters. The van der Waals surface area contributed by atoms with Crippen LogP contribution in [0.3, 0.4) is 0 Å². The lowest BCUT2D eigenvalue weighted by molar-refractivity contribution is 0.102. The zero-order chi connectivity index (χ0) is 19.7. The second-order valence-corrected chi connectivity index (χ2v) is 11.0. The molecule has 0 saturated carbocycles. The van der Waals surface area contributed by atoms with Gasteiger partial charge in [0.1, 0.15) is 20.8 Å². The number of hydrogen-bond acceptors (Lipinski definition) is 6. The summed E-state index contributed by atoms with van der Waals surface area (Å²) in [5, 5.41) is 14.6. The lowest BCUT2D eigenvalue weighted by atomic mass is 9.96. The summed E-state index contributed by atoms with van der Waals surface area (Å²) in [5.74, 6) is -0.458. The minimum absolute atomic E-state index is 0.0664. The fourth-order valence-corrected chi connectivity index (χ4v) is 7.89. The van der Waals surface area contributed by atoms with Crippen LogP contribution in [0, 0.1) is 11.3 Å². The largest absolute Gasteiger partial charge is 0.312 e. The molecule has 0 bridgehead atoms. The molecule has 2 aliphatic rings. The maximum absolute atomic E-state index is 13.0.